The number of benzene rings is 1. The average Bonchev–Trinajstić information content (AvgIpc) is 3.12. The largest absolute Gasteiger partial charge is 0.379 e. The Balaban J connectivity index is 1.44. The fourth-order valence-corrected chi connectivity index (χ4v) is 4.76. The van der Waals surface area contributed by atoms with Crippen LogP contribution in [0.4, 0.5) is 0 Å². The minimum absolute atomic E-state index is 0.602. The molecule has 2 aliphatic rings. The summed E-state index contributed by atoms with van der Waals surface area (Å²) >= 11 is 1.84. The first kappa shape index (κ1) is 14.6. The van der Waals surface area contributed by atoms with E-state index in [2.05, 4.69) is 41.0 Å². The van der Waals surface area contributed by atoms with E-state index in [9.17, 15) is 0 Å². The first-order valence-electron chi connectivity index (χ1n) is 8.21. The van der Waals surface area contributed by atoms with Gasteiger partial charge in [0.2, 0.25) is 0 Å². The Morgan fingerprint density at radius 1 is 1.23 bits per heavy atom. The summed E-state index contributed by atoms with van der Waals surface area (Å²) in [4.78, 5) is 10.0. The van der Waals surface area contributed by atoms with Crippen LogP contribution in [-0.2, 0) is 11.3 Å². The van der Waals surface area contributed by atoms with Crippen LogP contribution in [0, 0.1) is 0 Å². The van der Waals surface area contributed by atoms with Crippen LogP contribution in [0.3, 0.4) is 0 Å². The van der Waals surface area contributed by atoms with Gasteiger partial charge in [0.05, 0.1) is 30.0 Å². The lowest BCUT2D eigenvalue weighted by Gasteiger charge is -2.35. The molecule has 0 N–H and O–H groups in total. The van der Waals surface area contributed by atoms with Crippen molar-refractivity contribution in [3.05, 3.63) is 29.3 Å². The number of thiazole rings is 1. The Morgan fingerprint density at radius 2 is 2.05 bits per heavy atom. The van der Waals surface area contributed by atoms with E-state index in [0.29, 0.717) is 12.1 Å². The molecule has 0 bridgehead atoms. The zero-order valence-corrected chi connectivity index (χ0v) is 13.9. The van der Waals surface area contributed by atoms with Crippen LogP contribution in [0.15, 0.2) is 24.3 Å². The fourth-order valence-electron chi connectivity index (χ4n) is 3.77. The van der Waals surface area contributed by atoms with Crippen LogP contribution in [0.5, 0.6) is 0 Å². The third-order valence-electron chi connectivity index (χ3n) is 5.04. The number of morpholine rings is 1. The van der Waals surface area contributed by atoms with Gasteiger partial charge in [-0.25, -0.2) is 4.98 Å². The lowest BCUT2D eigenvalue weighted by Crippen LogP contribution is -2.48. The molecular formula is C17H23N3OS. The molecule has 2 saturated heterocycles. The molecule has 22 heavy (non-hydrogen) atoms. The molecule has 1 aromatic heterocycles. The van der Waals surface area contributed by atoms with Crippen LogP contribution < -0.4 is 0 Å². The molecule has 4 nitrogen and oxygen atoms in total. The zero-order valence-electron chi connectivity index (χ0n) is 13.1. The molecular weight excluding hydrogens is 294 g/mol. The van der Waals surface area contributed by atoms with Crippen LogP contribution >= 0.6 is 11.3 Å². The number of aromatic nitrogens is 1. The third kappa shape index (κ3) is 2.78. The highest BCUT2D eigenvalue weighted by atomic mass is 32.1. The standard InChI is InChI=1S/C17H23N3OS/c1-13-15(19-8-10-21-11-9-19)6-7-20(13)12-17-18-14-4-2-3-5-16(14)22-17/h2-5,13,15H,6-12H2,1H3/t13-,15-/m1/s1. The summed E-state index contributed by atoms with van der Waals surface area (Å²) in [5.74, 6) is 0. The Bertz CT molecular complexity index is 605. The predicted molar refractivity (Wildman–Crippen MR) is 90.3 cm³/mol. The lowest BCUT2D eigenvalue weighted by molar-refractivity contribution is 0.00984. The second-order valence-corrected chi connectivity index (χ2v) is 7.41. The lowest BCUT2D eigenvalue weighted by atomic mass is 10.1. The first-order valence-corrected chi connectivity index (χ1v) is 9.03. The molecule has 0 unspecified atom stereocenters. The van der Waals surface area contributed by atoms with Gasteiger partial charge in [0.25, 0.3) is 0 Å². The van der Waals surface area contributed by atoms with E-state index in [1.807, 2.05) is 11.3 Å². The monoisotopic (exact) mass is 317 g/mol. The van der Waals surface area contributed by atoms with Gasteiger partial charge in [-0.1, -0.05) is 12.1 Å². The van der Waals surface area contributed by atoms with Crippen LogP contribution in [-0.4, -0.2) is 59.7 Å². The Labute approximate surface area is 135 Å². The summed E-state index contributed by atoms with van der Waals surface area (Å²) in [6, 6.07) is 9.72. The molecule has 2 fully saturated rings. The van der Waals surface area contributed by atoms with E-state index in [-0.39, 0.29) is 0 Å². The smallest absolute Gasteiger partial charge is 0.108 e. The molecule has 2 aliphatic heterocycles. The molecule has 0 spiro atoms. The number of nitrogens with zero attached hydrogens (tertiary/aromatic N) is 3. The topological polar surface area (TPSA) is 28.6 Å². The summed E-state index contributed by atoms with van der Waals surface area (Å²) in [6.07, 6.45) is 1.27. The van der Waals surface area contributed by atoms with Gasteiger partial charge < -0.3 is 4.74 Å². The maximum absolute atomic E-state index is 5.49. The highest BCUT2D eigenvalue weighted by Crippen LogP contribution is 2.28. The number of hydrogen-bond donors (Lipinski definition) is 0. The second-order valence-electron chi connectivity index (χ2n) is 6.29. The highest BCUT2D eigenvalue weighted by Gasteiger charge is 2.35. The SMILES string of the molecule is C[C@@H]1[C@H](N2CCOCC2)CCN1Cc1nc2ccccc2s1. The van der Waals surface area contributed by atoms with E-state index in [4.69, 9.17) is 9.72 Å². The van der Waals surface area contributed by atoms with Gasteiger partial charge >= 0.3 is 0 Å². The molecule has 0 radical (unpaired) electrons. The molecule has 2 atom stereocenters. The van der Waals surface area contributed by atoms with Gasteiger partial charge in [0.1, 0.15) is 5.01 Å². The summed E-state index contributed by atoms with van der Waals surface area (Å²) in [5.41, 5.74) is 1.14. The Morgan fingerprint density at radius 3 is 2.86 bits per heavy atom. The second kappa shape index (κ2) is 6.24. The summed E-state index contributed by atoms with van der Waals surface area (Å²) in [7, 11) is 0. The number of para-hydroxylation sites is 1. The maximum atomic E-state index is 5.49. The van der Waals surface area contributed by atoms with Crippen molar-refractivity contribution in [3.63, 3.8) is 0 Å². The van der Waals surface area contributed by atoms with E-state index >= 15 is 0 Å². The van der Waals surface area contributed by atoms with Crippen molar-refractivity contribution >= 4 is 21.6 Å². The van der Waals surface area contributed by atoms with Gasteiger partial charge in [-0.05, 0) is 25.5 Å². The van der Waals surface area contributed by atoms with Gasteiger partial charge in [-0.15, -0.1) is 11.3 Å². The van der Waals surface area contributed by atoms with Crippen molar-refractivity contribution in [1.29, 1.82) is 0 Å². The van der Waals surface area contributed by atoms with Crippen molar-refractivity contribution in [1.82, 2.24) is 14.8 Å². The van der Waals surface area contributed by atoms with Crippen molar-refractivity contribution in [2.75, 3.05) is 32.8 Å². The number of ether oxygens (including phenoxy) is 1. The number of rotatable bonds is 3. The van der Waals surface area contributed by atoms with E-state index in [1.54, 1.807) is 0 Å². The number of fused-ring (bicyclic) bond motifs is 1. The van der Waals surface area contributed by atoms with Gasteiger partial charge in [0.15, 0.2) is 0 Å². The van der Waals surface area contributed by atoms with Crippen LogP contribution in [0.2, 0.25) is 0 Å². The predicted octanol–water partition coefficient (Wildman–Crippen LogP) is 2.59. The molecule has 5 heteroatoms. The summed E-state index contributed by atoms with van der Waals surface area (Å²) in [5, 5.41) is 1.25. The molecule has 1 aromatic carbocycles. The van der Waals surface area contributed by atoms with Crippen LogP contribution in [0.25, 0.3) is 10.2 Å². The van der Waals surface area contributed by atoms with Crippen molar-refractivity contribution in [2.24, 2.45) is 0 Å². The Kier molecular flexibility index (Phi) is 4.13. The molecule has 4 rings (SSSR count). The van der Waals surface area contributed by atoms with Crippen LogP contribution in [0.1, 0.15) is 18.4 Å². The highest BCUT2D eigenvalue weighted by molar-refractivity contribution is 7.18. The molecule has 0 aliphatic carbocycles. The minimum atomic E-state index is 0.602. The van der Waals surface area contributed by atoms with Gasteiger partial charge in [-0.3, -0.25) is 9.80 Å². The normalized spacial score (nSPS) is 27.7. The molecule has 118 valence electrons. The van der Waals surface area contributed by atoms with E-state index in [0.717, 1.165) is 38.4 Å². The minimum Gasteiger partial charge on any atom is -0.379 e. The fraction of sp³-hybridized carbons (Fsp3) is 0.588. The zero-order chi connectivity index (χ0) is 14.9. The Hall–Kier alpha value is -1.01. The van der Waals surface area contributed by atoms with E-state index in [1.165, 1.54) is 22.7 Å². The van der Waals surface area contributed by atoms with Crippen molar-refractivity contribution in [3.8, 4) is 0 Å². The van der Waals surface area contributed by atoms with Crippen molar-refractivity contribution < 1.29 is 4.74 Å². The van der Waals surface area contributed by atoms with E-state index < -0.39 is 0 Å². The number of likely N-dealkylation sites (tertiary alicyclic amines) is 1. The molecule has 0 amide bonds. The van der Waals surface area contributed by atoms with Gasteiger partial charge in [-0.2, -0.15) is 0 Å². The maximum Gasteiger partial charge on any atom is 0.108 e. The third-order valence-corrected chi connectivity index (χ3v) is 6.06. The van der Waals surface area contributed by atoms with Gasteiger partial charge in [0, 0.05) is 31.7 Å². The molecule has 0 saturated carbocycles. The summed E-state index contributed by atoms with van der Waals surface area (Å²) < 4.78 is 6.79. The average molecular weight is 317 g/mol. The molecule has 3 heterocycles. The number of hydrogen-bond acceptors (Lipinski definition) is 5. The summed E-state index contributed by atoms with van der Waals surface area (Å²) in [6.45, 7) is 8.50. The van der Waals surface area contributed by atoms with Crippen molar-refractivity contribution in [2.45, 2.75) is 32.0 Å². The first-order chi connectivity index (χ1) is 10.8. The molecule has 2 aromatic rings. The quantitative estimate of drug-likeness (QED) is 0.870.